The smallest absolute Gasteiger partial charge is 0.328 e. The van der Waals surface area contributed by atoms with Gasteiger partial charge in [0.1, 0.15) is 6.04 Å². The number of rotatable bonds is 1. The molecule has 0 bridgehead atoms. The molecule has 1 aromatic carbocycles. The van der Waals surface area contributed by atoms with Crippen LogP contribution in [0, 0.1) is 6.92 Å². The van der Waals surface area contributed by atoms with E-state index in [1.165, 1.54) is 18.2 Å². The topological polar surface area (TPSA) is 29.5 Å². The van der Waals surface area contributed by atoms with Crippen molar-refractivity contribution in [3.63, 3.8) is 0 Å². The summed E-state index contributed by atoms with van der Waals surface area (Å²) < 4.78 is 4.82. The summed E-state index contributed by atoms with van der Waals surface area (Å²) in [5, 5.41) is 0. The Hall–Kier alpha value is -1.51. The Bertz CT molecular complexity index is 414. The lowest BCUT2D eigenvalue weighted by Gasteiger charge is -2.34. The van der Waals surface area contributed by atoms with Gasteiger partial charge in [0.2, 0.25) is 0 Å². The summed E-state index contributed by atoms with van der Waals surface area (Å²) in [6.45, 7) is 2.12. The van der Waals surface area contributed by atoms with E-state index in [0.29, 0.717) is 0 Å². The second-order valence-electron chi connectivity index (χ2n) is 4.26. The summed E-state index contributed by atoms with van der Waals surface area (Å²) in [6, 6.07) is 6.08. The molecule has 86 valence electrons. The van der Waals surface area contributed by atoms with Gasteiger partial charge in [-0.3, -0.25) is 0 Å². The molecule has 1 aliphatic heterocycles. The minimum atomic E-state index is -0.144. The van der Waals surface area contributed by atoms with Crippen LogP contribution in [-0.4, -0.2) is 26.2 Å². The number of benzene rings is 1. The average Bonchev–Trinajstić information content (AvgIpc) is 2.30. The van der Waals surface area contributed by atoms with Crippen molar-refractivity contribution < 1.29 is 9.53 Å². The highest BCUT2D eigenvalue weighted by Gasteiger charge is 2.30. The molecule has 1 atom stereocenters. The Morgan fingerprint density at radius 3 is 2.94 bits per heavy atom. The molecular weight excluding hydrogens is 202 g/mol. The molecule has 0 aromatic heterocycles. The highest BCUT2D eigenvalue weighted by molar-refractivity contribution is 5.81. The second-order valence-corrected chi connectivity index (χ2v) is 4.26. The molecule has 0 saturated carbocycles. The fourth-order valence-electron chi connectivity index (χ4n) is 2.40. The quantitative estimate of drug-likeness (QED) is 0.676. The van der Waals surface area contributed by atoms with Crippen molar-refractivity contribution in [2.45, 2.75) is 25.8 Å². The van der Waals surface area contributed by atoms with Gasteiger partial charge in [0.05, 0.1) is 7.11 Å². The summed E-state index contributed by atoms with van der Waals surface area (Å²) >= 11 is 0. The number of carbonyl (C=O) groups excluding carboxylic acids is 1. The predicted molar refractivity (Wildman–Crippen MR) is 63.7 cm³/mol. The van der Waals surface area contributed by atoms with Crippen molar-refractivity contribution >= 4 is 11.7 Å². The van der Waals surface area contributed by atoms with Gasteiger partial charge in [-0.05, 0) is 37.0 Å². The predicted octanol–water partition coefficient (Wildman–Crippen LogP) is 1.92. The third-order valence-corrected chi connectivity index (χ3v) is 3.37. The maximum Gasteiger partial charge on any atom is 0.328 e. The second kappa shape index (κ2) is 4.16. The van der Waals surface area contributed by atoms with E-state index in [4.69, 9.17) is 4.74 Å². The Morgan fingerprint density at radius 1 is 1.50 bits per heavy atom. The van der Waals surface area contributed by atoms with Crippen LogP contribution in [0.5, 0.6) is 0 Å². The third-order valence-electron chi connectivity index (χ3n) is 3.37. The van der Waals surface area contributed by atoms with E-state index in [-0.39, 0.29) is 12.0 Å². The molecule has 0 saturated heterocycles. The Labute approximate surface area is 96.0 Å². The highest BCUT2D eigenvalue weighted by Crippen LogP contribution is 2.31. The van der Waals surface area contributed by atoms with Crippen LogP contribution in [0.1, 0.15) is 17.5 Å². The van der Waals surface area contributed by atoms with Gasteiger partial charge in [-0.25, -0.2) is 4.79 Å². The van der Waals surface area contributed by atoms with Crippen LogP contribution in [0.3, 0.4) is 0 Å². The van der Waals surface area contributed by atoms with E-state index in [0.717, 1.165) is 18.5 Å². The number of fused-ring (bicyclic) bond motifs is 1. The number of hydrogen-bond acceptors (Lipinski definition) is 3. The summed E-state index contributed by atoms with van der Waals surface area (Å²) in [5.41, 5.74) is 3.81. The van der Waals surface area contributed by atoms with Crippen LogP contribution in [-0.2, 0) is 16.0 Å². The Kier molecular flexibility index (Phi) is 2.86. The highest BCUT2D eigenvalue weighted by atomic mass is 16.5. The van der Waals surface area contributed by atoms with E-state index in [9.17, 15) is 4.79 Å². The molecule has 3 heteroatoms. The van der Waals surface area contributed by atoms with Crippen molar-refractivity contribution in [1.82, 2.24) is 0 Å². The number of aryl methyl sites for hydroxylation is 1. The standard InChI is InChI=1S/C13H17NO2/c1-9-5-4-6-11-10(9)7-8-12(14(11)2)13(15)16-3/h4-6,12H,7-8H2,1-3H3. The van der Waals surface area contributed by atoms with Crippen LogP contribution in [0.4, 0.5) is 5.69 Å². The number of esters is 1. The first kappa shape index (κ1) is 11.0. The minimum Gasteiger partial charge on any atom is -0.467 e. The minimum absolute atomic E-state index is 0.140. The van der Waals surface area contributed by atoms with Gasteiger partial charge >= 0.3 is 5.97 Å². The van der Waals surface area contributed by atoms with Crippen molar-refractivity contribution in [3.8, 4) is 0 Å². The number of carbonyl (C=O) groups is 1. The molecule has 0 aliphatic carbocycles. The molecule has 0 fully saturated rings. The van der Waals surface area contributed by atoms with Gasteiger partial charge in [-0.15, -0.1) is 0 Å². The van der Waals surface area contributed by atoms with Crippen LogP contribution >= 0.6 is 0 Å². The fraction of sp³-hybridized carbons (Fsp3) is 0.462. The van der Waals surface area contributed by atoms with Crippen LogP contribution in [0.25, 0.3) is 0 Å². The molecule has 0 spiro atoms. The molecule has 0 radical (unpaired) electrons. The van der Waals surface area contributed by atoms with Crippen molar-refractivity contribution in [3.05, 3.63) is 29.3 Å². The van der Waals surface area contributed by atoms with E-state index >= 15 is 0 Å². The molecule has 1 heterocycles. The number of hydrogen-bond donors (Lipinski definition) is 0. The number of anilines is 1. The first-order valence-electron chi connectivity index (χ1n) is 5.54. The number of ether oxygens (including phenoxy) is 1. The summed E-state index contributed by atoms with van der Waals surface area (Å²) in [7, 11) is 3.40. The Morgan fingerprint density at radius 2 is 2.25 bits per heavy atom. The van der Waals surface area contributed by atoms with E-state index < -0.39 is 0 Å². The number of likely N-dealkylation sites (N-methyl/N-ethyl adjacent to an activating group) is 1. The lowest BCUT2D eigenvalue weighted by atomic mass is 9.93. The van der Waals surface area contributed by atoms with Gasteiger partial charge in [-0.2, -0.15) is 0 Å². The maximum atomic E-state index is 11.6. The largest absolute Gasteiger partial charge is 0.467 e. The first-order valence-corrected chi connectivity index (χ1v) is 5.54. The lowest BCUT2D eigenvalue weighted by Crippen LogP contribution is -2.42. The van der Waals surface area contributed by atoms with Crippen LogP contribution < -0.4 is 4.90 Å². The lowest BCUT2D eigenvalue weighted by molar-refractivity contribution is -0.142. The average molecular weight is 219 g/mol. The molecule has 1 unspecified atom stereocenters. The van der Waals surface area contributed by atoms with Crippen molar-refractivity contribution in [2.24, 2.45) is 0 Å². The monoisotopic (exact) mass is 219 g/mol. The van der Waals surface area contributed by atoms with Crippen LogP contribution in [0.2, 0.25) is 0 Å². The maximum absolute atomic E-state index is 11.6. The van der Waals surface area contributed by atoms with Crippen molar-refractivity contribution in [2.75, 3.05) is 19.1 Å². The van der Waals surface area contributed by atoms with Gasteiger partial charge in [0.25, 0.3) is 0 Å². The molecule has 1 aromatic rings. The zero-order valence-electron chi connectivity index (χ0n) is 9.99. The van der Waals surface area contributed by atoms with E-state index in [1.54, 1.807) is 0 Å². The Balaban J connectivity index is 2.36. The molecule has 0 amide bonds. The fourth-order valence-corrected chi connectivity index (χ4v) is 2.40. The molecule has 0 N–H and O–H groups in total. The normalized spacial score (nSPS) is 19.2. The molecule has 1 aliphatic rings. The SMILES string of the molecule is COC(=O)C1CCc2c(C)cccc2N1C. The van der Waals surface area contributed by atoms with Gasteiger partial charge in [0, 0.05) is 12.7 Å². The first-order chi connectivity index (χ1) is 7.65. The molecule has 3 nitrogen and oxygen atoms in total. The van der Waals surface area contributed by atoms with Gasteiger partial charge in [-0.1, -0.05) is 12.1 Å². The van der Waals surface area contributed by atoms with E-state index in [2.05, 4.69) is 19.1 Å². The number of nitrogens with zero attached hydrogens (tertiary/aromatic N) is 1. The summed E-state index contributed by atoms with van der Waals surface area (Å²) in [4.78, 5) is 13.6. The molecular formula is C13H17NO2. The molecule has 2 rings (SSSR count). The zero-order chi connectivity index (χ0) is 11.7. The third kappa shape index (κ3) is 1.66. The zero-order valence-corrected chi connectivity index (χ0v) is 9.99. The van der Waals surface area contributed by atoms with Crippen LogP contribution in [0.15, 0.2) is 18.2 Å². The summed E-state index contributed by atoms with van der Waals surface area (Å²) in [5.74, 6) is -0.144. The van der Waals surface area contributed by atoms with Crippen molar-refractivity contribution in [1.29, 1.82) is 0 Å². The molecule has 16 heavy (non-hydrogen) atoms. The summed E-state index contributed by atoms with van der Waals surface area (Å²) in [6.07, 6.45) is 1.78. The van der Waals surface area contributed by atoms with Gasteiger partial charge in [0.15, 0.2) is 0 Å². The number of methoxy groups -OCH3 is 1. The van der Waals surface area contributed by atoms with E-state index in [1.807, 2.05) is 18.0 Å². The van der Waals surface area contributed by atoms with Gasteiger partial charge < -0.3 is 9.64 Å².